The van der Waals surface area contributed by atoms with Crippen molar-refractivity contribution in [2.75, 3.05) is 12.3 Å². The van der Waals surface area contributed by atoms with Crippen molar-refractivity contribution in [3.8, 4) is 11.5 Å². The van der Waals surface area contributed by atoms with Crippen LogP contribution in [0.5, 0.6) is 11.5 Å². The SMILES string of the molecule is CCCCCP(=O)([O-])Oc1ccccc1.CCCCCP(=O)([O-])Oc1ccccc1.[Zn+2]. The average molecular weight is 520 g/mol. The van der Waals surface area contributed by atoms with Crippen LogP contribution in [0.25, 0.3) is 0 Å². The maximum atomic E-state index is 11.5. The van der Waals surface area contributed by atoms with Gasteiger partial charge in [0.1, 0.15) is 11.5 Å². The molecule has 31 heavy (non-hydrogen) atoms. The third-order valence-electron chi connectivity index (χ3n) is 4.05. The standard InChI is InChI=1S/2C11H17O3P.Zn/c2*1-2-3-7-10-15(12,13)14-11-8-5-4-6-9-11;/h2*4-6,8-9H,2-3,7,10H2,1H3,(H,12,13);/q;;+2/p-2. The van der Waals surface area contributed by atoms with Gasteiger partial charge in [0.15, 0.2) is 15.2 Å². The zero-order valence-electron chi connectivity index (χ0n) is 18.5. The first kappa shape index (κ1) is 30.0. The Morgan fingerprint density at radius 1 is 0.645 bits per heavy atom. The maximum Gasteiger partial charge on any atom is 2.00 e. The van der Waals surface area contributed by atoms with E-state index in [9.17, 15) is 18.9 Å². The van der Waals surface area contributed by atoms with Crippen LogP contribution in [0.4, 0.5) is 0 Å². The summed E-state index contributed by atoms with van der Waals surface area (Å²) in [5.41, 5.74) is 0. The number of benzene rings is 2. The van der Waals surface area contributed by atoms with Crippen molar-refractivity contribution < 1.29 is 47.4 Å². The van der Waals surface area contributed by atoms with E-state index in [1.54, 1.807) is 48.5 Å². The summed E-state index contributed by atoms with van der Waals surface area (Å²) >= 11 is 0. The fourth-order valence-corrected chi connectivity index (χ4v) is 4.78. The van der Waals surface area contributed by atoms with Gasteiger partial charge in [0, 0.05) is 12.3 Å². The zero-order valence-corrected chi connectivity index (χ0v) is 23.2. The van der Waals surface area contributed by atoms with Gasteiger partial charge >= 0.3 is 19.5 Å². The molecule has 2 atom stereocenters. The van der Waals surface area contributed by atoms with Crippen molar-refractivity contribution in [2.24, 2.45) is 0 Å². The predicted octanol–water partition coefficient (Wildman–Crippen LogP) is 5.62. The topological polar surface area (TPSA) is 98.7 Å². The van der Waals surface area contributed by atoms with Crippen LogP contribution in [0.1, 0.15) is 52.4 Å². The van der Waals surface area contributed by atoms with Gasteiger partial charge in [-0.2, -0.15) is 0 Å². The Hall–Kier alpha value is -0.957. The molecule has 6 nitrogen and oxygen atoms in total. The van der Waals surface area contributed by atoms with Gasteiger partial charge in [-0.3, -0.25) is 9.13 Å². The molecule has 0 aromatic heterocycles. The maximum absolute atomic E-state index is 11.5. The second-order valence-electron chi connectivity index (χ2n) is 6.89. The molecule has 0 radical (unpaired) electrons. The molecule has 0 bridgehead atoms. The van der Waals surface area contributed by atoms with Gasteiger partial charge < -0.3 is 18.8 Å². The fourth-order valence-electron chi connectivity index (χ4n) is 2.49. The molecule has 2 rings (SSSR count). The first-order valence-corrected chi connectivity index (χ1v) is 13.8. The smallest absolute Gasteiger partial charge is 0.769 e. The molecule has 0 fully saturated rings. The van der Waals surface area contributed by atoms with Crippen LogP contribution in [0.15, 0.2) is 60.7 Å². The largest absolute Gasteiger partial charge is 2.00 e. The number of unbranched alkanes of at least 4 members (excludes halogenated alkanes) is 4. The van der Waals surface area contributed by atoms with Gasteiger partial charge in [-0.15, -0.1) is 0 Å². The van der Waals surface area contributed by atoms with Gasteiger partial charge in [-0.05, 0) is 37.1 Å². The van der Waals surface area contributed by atoms with E-state index in [0.717, 1.165) is 25.7 Å². The van der Waals surface area contributed by atoms with Crippen LogP contribution < -0.4 is 18.8 Å². The van der Waals surface area contributed by atoms with E-state index in [-0.39, 0.29) is 31.8 Å². The minimum atomic E-state index is -3.69. The molecule has 0 spiro atoms. The third-order valence-corrected chi connectivity index (χ3v) is 6.75. The second-order valence-corrected chi connectivity index (χ2v) is 10.6. The molecule has 0 N–H and O–H groups in total. The van der Waals surface area contributed by atoms with E-state index >= 15 is 0 Å². The summed E-state index contributed by atoms with van der Waals surface area (Å²) in [7, 11) is -7.39. The summed E-state index contributed by atoms with van der Waals surface area (Å²) in [6, 6.07) is 17.2. The van der Waals surface area contributed by atoms with E-state index in [2.05, 4.69) is 0 Å². The third kappa shape index (κ3) is 15.5. The van der Waals surface area contributed by atoms with Crippen LogP contribution >= 0.6 is 15.2 Å². The molecule has 0 aliphatic rings. The van der Waals surface area contributed by atoms with Crippen LogP contribution in [-0.2, 0) is 28.6 Å². The van der Waals surface area contributed by atoms with Gasteiger partial charge in [0.05, 0.1) is 0 Å². The first-order valence-electron chi connectivity index (χ1n) is 10.4. The molecule has 0 saturated heterocycles. The Bertz CT molecular complexity index is 722. The van der Waals surface area contributed by atoms with Crippen molar-refractivity contribution >= 4 is 15.2 Å². The normalized spacial score (nSPS) is 14.1. The molecular weight excluding hydrogens is 488 g/mol. The summed E-state index contributed by atoms with van der Waals surface area (Å²) in [4.78, 5) is 23.0. The van der Waals surface area contributed by atoms with Gasteiger partial charge in [0.2, 0.25) is 0 Å². The van der Waals surface area contributed by atoms with E-state index in [0.29, 0.717) is 24.3 Å². The van der Waals surface area contributed by atoms with Crippen molar-refractivity contribution in [3.05, 3.63) is 60.7 Å². The minimum absolute atomic E-state index is 0. The monoisotopic (exact) mass is 518 g/mol. The Balaban J connectivity index is 0.000000562. The van der Waals surface area contributed by atoms with Gasteiger partial charge in [0.25, 0.3) is 0 Å². The van der Waals surface area contributed by atoms with Gasteiger partial charge in [-0.25, -0.2) is 0 Å². The Morgan fingerprint density at radius 2 is 0.968 bits per heavy atom. The molecule has 168 valence electrons. The van der Waals surface area contributed by atoms with Crippen molar-refractivity contribution in [1.29, 1.82) is 0 Å². The summed E-state index contributed by atoms with van der Waals surface area (Å²) in [6.07, 6.45) is 5.44. The molecule has 2 unspecified atom stereocenters. The van der Waals surface area contributed by atoms with E-state index in [1.807, 2.05) is 26.0 Å². The molecule has 0 heterocycles. The number of hydrogen-bond donors (Lipinski definition) is 0. The first-order chi connectivity index (χ1) is 14.3. The minimum Gasteiger partial charge on any atom is -0.769 e. The summed E-state index contributed by atoms with van der Waals surface area (Å²) in [5.74, 6) is 0.791. The summed E-state index contributed by atoms with van der Waals surface area (Å²) < 4.78 is 32.9. The quantitative estimate of drug-likeness (QED) is 0.205. The molecule has 9 heteroatoms. The zero-order chi connectivity index (χ0) is 22.3. The van der Waals surface area contributed by atoms with Crippen LogP contribution in [0.2, 0.25) is 0 Å². The molecular formula is C22H32O6P2Zn. The summed E-state index contributed by atoms with van der Waals surface area (Å²) in [6.45, 7) is 4.07. The Labute approximate surface area is 199 Å². The van der Waals surface area contributed by atoms with Crippen LogP contribution in [-0.4, -0.2) is 12.3 Å². The Kier molecular flexibility index (Phi) is 16.1. The molecule has 0 amide bonds. The summed E-state index contributed by atoms with van der Waals surface area (Å²) in [5, 5.41) is 0. The van der Waals surface area contributed by atoms with Crippen molar-refractivity contribution in [1.82, 2.24) is 0 Å². The van der Waals surface area contributed by atoms with Crippen molar-refractivity contribution in [2.45, 2.75) is 52.4 Å². The average Bonchev–Trinajstić information content (AvgIpc) is 2.69. The number of para-hydroxylation sites is 2. The van der Waals surface area contributed by atoms with Crippen molar-refractivity contribution in [3.63, 3.8) is 0 Å². The Morgan fingerprint density at radius 3 is 1.26 bits per heavy atom. The molecule has 0 aliphatic carbocycles. The number of rotatable bonds is 12. The van der Waals surface area contributed by atoms with Gasteiger partial charge in [-0.1, -0.05) is 75.9 Å². The predicted molar refractivity (Wildman–Crippen MR) is 118 cm³/mol. The second kappa shape index (κ2) is 16.6. The molecule has 2 aromatic rings. The molecule has 2 aromatic carbocycles. The molecule has 0 saturated carbocycles. The number of hydrogen-bond acceptors (Lipinski definition) is 6. The fraction of sp³-hybridized carbons (Fsp3) is 0.455. The van der Waals surface area contributed by atoms with Crippen LogP contribution in [0.3, 0.4) is 0 Å². The van der Waals surface area contributed by atoms with E-state index in [1.165, 1.54) is 0 Å². The van der Waals surface area contributed by atoms with E-state index < -0.39 is 15.2 Å². The van der Waals surface area contributed by atoms with E-state index in [4.69, 9.17) is 9.05 Å². The molecule has 0 aliphatic heterocycles. The van der Waals surface area contributed by atoms with Crippen LogP contribution in [0, 0.1) is 0 Å².